The SMILES string of the molecule is [2H]c1c([2H])c([2H])c(-c2nc(-c3ccc(-n4c5ccccc5c5cc6oc7ccccc7c6cc54)cc3)nc(-c3c([2H])c([2H])c([2H])c([2H])c3[2H])n2)c([2H])c1[2H]. The van der Waals surface area contributed by atoms with Crippen molar-refractivity contribution in [2.45, 2.75) is 0 Å². The molecule has 44 heavy (non-hydrogen) atoms. The summed E-state index contributed by atoms with van der Waals surface area (Å²) in [5, 5.41) is 4.01. The lowest BCUT2D eigenvalue weighted by atomic mass is 10.1. The molecule has 9 rings (SSSR count). The standard InChI is InChI=1S/C39H24N4O/c1-3-11-25(12-4-1)37-40-38(26-13-5-2-6-14-26)42-39(41-37)27-19-21-28(22-20-27)43-33-17-9-7-15-29(33)31-24-36-32(23-34(31)43)30-16-8-10-18-35(30)44-36/h1-24H/i1D,2D,3D,4D,5D,6D,11D,12D,13D,14D. The number of benzene rings is 6. The first kappa shape index (κ1) is 16.5. The maximum absolute atomic E-state index is 8.59. The van der Waals surface area contributed by atoms with E-state index >= 15 is 0 Å². The van der Waals surface area contributed by atoms with Gasteiger partial charge in [-0.15, -0.1) is 0 Å². The molecule has 206 valence electrons. The third-order valence-corrected chi connectivity index (χ3v) is 7.64. The van der Waals surface area contributed by atoms with Crippen molar-refractivity contribution in [2.24, 2.45) is 0 Å². The highest BCUT2D eigenvalue weighted by molar-refractivity contribution is 6.17. The van der Waals surface area contributed by atoms with E-state index in [0.29, 0.717) is 5.56 Å². The topological polar surface area (TPSA) is 56.7 Å². The van der Waals surface area contributed by atoms with Crippen LogP contribution in [0.15, 0.2) is 150 Å². The summed E-state index contributed by atoms with van der Waals surface area (Å²) in [6.07, 6.45) is 0. The second-order valence-corrected chi connectivity index (χ2v) is 10.2. The minimum Gasteiger partial charge on any atom is -0.456 e. The van der Waals surface area contributed by atoms with E-state index in [-0.39, 0.29) is 28.6 Å². The van der Waals surface area contributed by atoms with Gasteiger partial charge in [-0.25, -0.2) is 15.0 Å². The summed E-state index contributed by atoms with van der Waals surface area (Å²) in [5.74, 6) is -0.641. The van der Waals surface area contributed by atoms with Crippen molar-refractivity contribution >= 4 is 43.7 Å². The molecule has 9 aromatic rings. The molecule has 3 aromatic heterocycles. The third-order valence-electron chi connectivity index (χ3n) is 7.64. The van der Waals surface area contributed by atoms with Gasteiger partial charge in [0.2, 0.25) is 0 Å². The van der Waals surface area contributed by atoms with Gasteiger partial charge in [0.1, 0.15) is 11.2 Å². The second kappa shape index (κ2) is 9.75. The van der Waals surface area contributed by atoms with Gasteiger partial charge >= 0.3 is 0 Å². The Morgan fingerprint density at radius 3 is 1.75 bits per heavy atom. The predicted molar refractivity (Wildman–Crippen MR) is 178 cm³/mol. The minimum atomic E-state index is -0.603. The summed E-state index contributed by atoms with van der Waals surface area (Å²) in [5.41, 5.74) is 4.09. The van der Waals surface area contributed by atoms with E-state index in [4.69, 9.17) is 18.1 Å². The Labute approximate surface area is 266 Å². The lowest BCUT2D eigenvalue weighted by Crippen LogP contribution is -2.00. The molecule has 0 aliphatic rings. The van der Waals surface area contributed by atoms with E-state index in [1.807, 2.05) is 54.6 Å². The molecule has 0 bridgehead atoms. The fraction of sp³-hybridized carbons (Fsp3) is 0. The van der Waals surface area contributed by atoms with Crippen LogP contribution >= 0.6 is 0 Å². The summed E-state index contributed by atoms with van der Waals surface area (Å²) < 4.78 is 91.7. The molecule has 0 fully saturated rings. The monoisotopic (exact) mass is 574 g/mol. The van der Waals surface area contributed by atoms with Crippen molar-refractivity contribution in [3.63, 3.8) is 0 Å². The fourth-order valence-corrected chi connectivity index (χ4v) is 5.68. The number of fused-ring (bicyclic) bond motifs is 6. The first-order chi connectivity index (χ1) is 25.9. The summed E-state index contributed by atoms with van der Waals surface area (Å²) in [6.45, 7) is 0. The molecule has 0 saturated carbocycles. The van der Waals surface area contributed by atoms with E-state index < -0.39 is 60.4 Å². The van der Waals surface area contributed by atoms with Crippen molar-refractivity contribution in [1.82, 2.24) is 19.5 Å². The molecular weight excluding hydrogens is 540 g/mol. The van der Waals surface area contributed by atoms with Gasteiger partial charge in [0.05, 0.1) is 24.7 Å². The van der Waals surface area contributed by atoms with Gasteiger partial charge in [0.25, 0.3) is 0 Å². The van der Waals surface area contributed by atoms with Crippen molar-refractivity contribution in [3.05, 3.63) is 145 Å². The van der Waals surface area contributed by atoms with Crippen LogP contribution in [-0.4, -0.2) is 19.5 Å². The van der Waals surface area contributed by atoms with Crippen LogP contribution in [0.2, 0.25) is 0 Å². The molecule has 0 spiro atoms. The molecule has 0 saturated heterocycles. The molecule has 3 heterocycles. The molecule has 0 amide bonds. The zero-order valence-electron chi connectivity index (χ0n) is 32.8. The molecular formula is C39H24N4O. The Balaban J connectivity index is 1.26. The highest BCUT2D eigenvalue weighted by Crippen LogP contribution is 2.38. The van der Waals surface area contributed by atoms with Gasteiger partial charge in [-0.05, 0) is 48.5 Å². The predicted octanol–water partition coefficient (Wildman–Crippen LogP) is 9.87. The average Bonchev–Trinajstić information content (AvgIpc) is 3.71. The van der Waals surface area contributed by atoms with Crippen molar-refractivity contribution in [1.29, 1.82) is 0 Å². The first-order valence-corrected chi connectivity index (χ1v) is 13.8. The van der Waals surface area contributed by atoms with Gasteiger partial charge in [-0.1, -0.05) is 96.8 Å². The maximum Gasteiger partial charge on any atom is 0.164 e. The molecule has 0 atom stereocenters. The zero-order chi connectivity index (χ0) is 37.7. The van der Waals surface area contributed by atoms with E-state index in [0.717, 1.165) is 49.4 Å². The van der Waals surface area contributed by atoms with E-state index in [2.05, 4.69) is 37.7 Å². The Morgan fingerprint density at radius 1 is 0.477 bits per heavy atom. The Bertz CT molecular complexity index is 2920. The molecule has 0 radical (unpaired) electrons. The molecule has 6 aromatic carbocycles. The fourth-order valence-electron chi connectivity index (χ4n) is 5.68. The summed E-state index contributed by atoms with van der Waals surface area (Å²) in [6, 6.07) is 21.5. The average molecular weight is 575 g/mol. The number of hydrogen-bond acceptors (Lipinski definition) is 4. The first-order valence-electron chi connectivity index (χ1n) is 18.8. The summed E-state index contributed by atoms with van der Waals surface area (Å²) in [4.78, 5) is 13.5. The van der Waals surface area contributed by atoms with E-state index in [9.17, 15) is 0 Å². The number of hydrogen-bond donors (Lipinski definition) is 0. The lowest BCUT2D eigenvalue weighted by Gasteiger charge is -2.11. The van der Waals surface area contributed by atoms with Crippen LogP contribution in [0.1, 0.15) is 13.7 Å². The summed E-state index contributed by atoms with van der Waals surface area (Å²) >= 11 is 0. The zero-order valence-corrected chi connectivity index (χ0v) is 22.8. The number of rotatable bonds is 4. The van der Waals surface area contributed by atoms with Crippen LogP contribution in [0.25, 0.3) is 83.6 Å². The normalized spacial score (nSPS) is 14.8. The van der Waals surface area contributed by atoms with Gasteiger partial charge in [0, 0.05) is 43.9 Å². The number of para-hydroxylation sites is 2. The van der Waals surface area contributed by atoms with Crippen molar-refractivity contribution in [3.8, 4) is 39.9 Å². The Morgan fingerprint density at radius 2 is 1.07 bits per heavy atom. The van der Waals surface area contributed by atoms with E-state index in [1.54, 1.807) is 12.1 Å². The Kier molecular flexibility index (Phi) is 3.66. The quantitative estimate of drug-likeness (QED) is 0.210. The molecule has 0 unspecified atom stereocenters. The third kappa shape index (κ3) is 3.91. The van der Waals surface area contributed by atoms with Crippen LogP contribution in [0, 0.1) is 0 Å². The largest absolute Gasteiger partial charge is 0.456 e. The smallest absolute Gasteiger partial charge is 0.164 e. The number of furan rings is 1. The van der Waals surface area contributed by atoms with Gasteiger partial charge in [-0.2, -0.15) is 0 Å². The van der Waals surface area contributed by atoms with E-state index in [1.165, 1.54) is 0 Å². The summed E-state index contributed by atoms with van der Waals surface area (Å²) in [7, 11) is 0. The maximum atomic E-state index is 8.59. The molecule has 0 aliphatic heterocycles. The highest BCUT2D eigenvalue weighted by Gasteiger charge is 2.17. The van der Waals surface area contributed by atoms with Crippen LogP contribution in [0.5, 0.6) is 0 Å². The molecule has 5 heteroatoms. The molecule has 5 nitrogen and oxygen atoms in total. The van der Waals surface area contributed by atoms with Gasteiger partial charge < -0.3 is 8.98 Å². The van der Waals surface area contributed by atoms with Gasteiger partial charge in [-0.3, -0.25) is 0 Å². The molecule has 0 aliphatic carbocycles. The van der Waals surface area contributed by atoms with Crippen molar-refractivity contribution < 1.29 is 18.1 Å². The molecule has 0 N–H and O–H groups in total. The lowest BCUT2D eigenvalue weighted by molar-refractivity contribution is 0.669. The van der Waals surface area contributed by atoms with Crippen LogP contribution in [-0.2, 0) is 0 Å². The highest BCUT2D eigenvalue weighted by atomic mass is 16.3. The van der Waals surface area contributed by atoms with Crippen molar-refractivity contribution in [2.75, 3.05) is 0 Å². The van der Waals surface area contributed by atoms with Gasteiger partial charge in [0.15, 0.2) is 17.5 Å². The number of nitrogens with zero attached hydrogens (tertiary/aromatic N) is 4. The van der Waals surface area contributed by atoms with Crippen LogP contribution < -0.4 is 0 Å². The minimum absolute atomic E-state index is 0.00558. The van der Waals surface area contributed by atoms with Crippen LogP contribution in [0.3, 0.4) is 0 Å². The van der Waals surface area contributed by atoms with Crippen LogP contribution in [0.4, 0.5) is 0 Å². The number of aromatic nitrogens is 4. The Hall–Kier alpha value is -6.07. The second-order valence-electron chi connectivity index (χ2n) is 10.2.